The van der Waals surface area contributed by atoms with Crippen LogP contribution in [0.3, 0.4) is 0 Å². The average molecular weight is 446 g/mol. The SMILES string of the molecule is CC1(C)OC(=O)N(C2CCCCC2)C1c1ccccc1.O=CNc1cccc2cccnc12. The number of carbonyl (C=O) groups excluding carboxylic acids is 2. The number of para-hydroxylation sites is 1. The molecule has 5 rings (SSSR count). The van der Waals surface area contributed by atoms with Crippen molar-refractivity contribution in [1.82, 2.24) is 9.88 Å². The third-order valence-electron chi connectivity index (χ3n) is 6.43. The summed E-state index contributed by atoms with van der Waals surface area (Å²) in [7, 11) is 0. The van der Waals surface area contributed by atoms with Gasteiger partial charge in [0.2, 0.25) is 6.41 Å². The fourth-order valence-electron chi connectivity index (χ4n) is 4.97. The highest BCUT2D eigenvalue weighted by atomic mass is 16.6. The van der Waals surface area contributed by atoms with Crippen molar-refractivity contribution in [2.45, 2.75) is 63.6 Å². The van der Waals surface area contributed by atoms with Gasteiger partial charge in [0.1, 0.15) is 5.60 Å². The molecule has 0 radical (unpaired) electrons. The lowest BCUT2D eigenvalue weighted by Gasteiger charge is -2.36. The van der Waals surface area contributed by atoms with E-state index in [9.17, 15) is 9.59 Å². The van der Waals surface area contributed by atoms with E-state index >= 15 is 0 Å². The number of rotatable bonds is 4. The van der Waals surface area contributed by atoms with Gasteiger partial charge in [-0.15, -0.1) is 0 Å². The third-order valence-corrected chi connectivity index (χ3v) is 6.43. The minimum atomic E-state index is -0.462. The number of carbonyl (C=O) groups is 2. The highest BCUT2D eigenvalue weighted by Gasteiger charge is 2.50. The normalized spacial score (nSPS) is 20.0. The van der Waals surface area contributed by atoms with E-state index in [1.54, 1.807) is 6.20 Å². The zero-order chi connectivity index (χ0) is 23.3. The van der Waals surface area contributed by atoms with Gasteiger partial charge in [0.25, 0.3) is 0 Å². The number of anilines is 1. The first-order chi connectivity index (χ1) is 16.0. The Bertz CT molecular complexity index is 1090. The second-order valence-electron chi connectivity index (χ2n) is 9.13. The van der Waals surface area contributed by atoms with E-state index in [0.29, 0.717) is 12.5 Å². The maximum atomic E-state index is 12.4. The Morgan fingerprint density at radius 3 is 2.45 bits per heavy atom. The van der Waals surface area contributed by atoms with Crippen LogP contribution < -0.4 is 5.32 Å². The van der Waals surface area contributed by atoms with Crippen molar-refractivity contribution in [2.75, 3.05) is 5.32 Å². The first kappa shape index (κ1) is 22.8. The van der Waals surface area contributed by atoms with Crippen LogP contribution >= 0.6 is 0 Å². The first-order valence-corrected chi connectivity index (χ1v) is 11.6. The Labute approximate surface area is 195 Å². The molecule has 2 amide bonds. The molecule has 1 atom stereocenters. The molecule has 1 aliphatic heterocycles. The van der Waals surface area contributed by atoms with E-state index in [1.165, 1.54) is 24.8 Å². The van der Waals surface area contributed by atoms with E-state index in [4.69, 9.17) is 4.74 Å². The van der Waals surface area contributed by atoms with Crippen LogP contribution in [0.1, 0.15) is 57.6 Å². The third kappa shape index (κ3) is 5.00. The number of nitrogens with zero attached hydrogens (tertiary/aromatic N) is 2. The number of cyclic esters (lactones) is 1. The zero-order valence-electron chi connectivity index (χ0n) is 19.2. The summed E-state index contributed by atoms with van der Waals surface area (Å²) in [5.74, 6) is 0. The molecule has 1 aliphatic carbocycles. The Kier molecular flexibility index (Phi) is 6.92. The molecule has 2 fully saturated rings. The van der Waals surface area contributed by atoms with Crippen molar-refractivity contribution >= 4 is 29.1 Å². The van der Waals surface area contributed by atoms with E-state index in [1.807, 2.05) is 67.3 Å². The van der Waals surface area contributed by atoms with E-state index < -0.39 is 5.60 Å². The maximum Gasteiger partial charge on any atom is 0.411 e. The van der Waals surface area contributed by atoms with Gasteiger partial charge in [-0.3, -0.25) is 14.7 Å². The van der Waals surface area contributed by atoms with Crippen LogP contribution in [-0.2, 0) is 9.53 Å². The Morgan fingerprint density at radius 2 is 1.73 bits per heavy atom. The second-order valence-corrected chi connectivity index (χ2v) is 9.13. The summed E-state index contributed by atoms with van der Waals surface area (Å²) in [5.41, 5.74) is 2.27. The molecule has 33 heavy (non-hydrogen) atoms. The quantitative estimate of drug-likeness (QED) is 0.493. The predicted octanol–water partition coefficient (Wildman–Crippen LogP) is 6.09. The van der Waals surface area contributed by atoms with Gasteiger partial charge in [0.05, 0.1) is 17.2 Å². The highest BCUT2D eigenvalue weighted by Crippen LogP contribution is 2.44. The number of hydrogen-bond acceptors (Lipinski definition) is 4. The topological polar surface area (TPSA) is 71.5 Å². The number of hydrogen-bond donors (Lipinski definition) is 1. The lowest BCUT2D eigenvalue weighted by Crippen LogP contribution is -2.41. The average Bonchev–Trinajstić information content (AvgIpc) is 3.09. The number of nitrogens with one attached hydrogen (secondary N) is 1. The number of benzene rings is 2. The minimum absolute atomic E-state index is 0.0271. The minimum Gasteiger partial charge on any atom is -0.441 e. The van der Waals surface area contributed by atoms with Crippen molar-refractivity contribution in [3.63, 3.8) is 0 Å². The molecule has 0 spiro atoms. The van der Waals surface area contributed by atoms with Crippen LogP contribution in [0, 0.1) is 0 Å². The van der Waals surface area contributed by atoms with Gasteiger partial charge in [-0.25, -0.2) is 4.79 Å². The molecule has 1 saturated heterocycles. The molecule has 172 valence electrons. The summed E-state index contributed by atoms with van der Waals surface area (Å²) in [6.07, 6.45) is 8.16. The molecule has 3 aromatic rings. The number of ether oxygens (including phenoxy) is 1. The fourth-order valence-corrected chi connectivity index (χ4v) is 4.97. The van der Waals surface area contributed by atoms with Crippen molar-refractivity contribution in [1.29, 1.82) is 0 Å². The van der Waals surface area contributed by atoms with E-state index in [-0.39, 0.29) is 12.1 Å². The van der Waals surface area contributed by atoms with E-state index in [2.05, 4.69) is 22.4 Å². The molecule has 0 bridgehead atoms. The summed E-state index contributed by atoms with van der Waals surface area (Å²) in [4.78, 5) is 28.8. The van der Waals surface area contributed by atoms with E-state index in [0.717, 1.165) is 29.4 Å². The van der Waals surface area contributed by atoms with Crippen molar-refractivity contribution < 1.29 is 14.3 Å². The molecule has 6 nitrogen and oxygen atoms in total. The number of amides is 2. The molecular weight excluding hydrogens is 414 g/mol. The van der Waals surface area contributed by atoms with Gasteiger partial charge >= 0.3 is 6.09 Å². The first-order valence-electron chi connectivity index (χ1n) is 11.6. The number of aromatic nitrogens is 1. The maximum absolute atomic E-state index is 12.4. The predicted molar refractivity (Wildman–Crippen MR) is 130 cm³/mol. The lowest BCUT2D eigenvalue weighted by atomic mass is 9.87. The van der Waals surface area contributed by atoms with Crippen LogP contribution in [0.15, 0.2) is 66.9 Å². The molecule has 1 saturated carbocycles. The van der Waals surface area contributed by atoms with Gasteiger partial charge < -0.3 is 10.1 Å². The van der Waals surface area contributed by atoms with Gasteiger partial charge in [0.15, 0.2) is 0 Å². The Hall–Kier alpha value is -3.41. The highest BCUT2D eigenvalue weighted by molar-refractivity contribution is 5.94. The number of pyridine rings is 1. The summed E-state index contributed by atoms with van der Waals surface area (Å²) >= 11 is 0. The van der Waals surface area contributed by atoms with Crippen molar-refractivity contribution in [2.24, 2.45) is 0 Å². The van der Waals surface area contributed by atoms with Crippen molar-refractivity contribution in [3.8, 4) is 0 Å². The Morgan fingerprint density at radius 1 is 1.00 bits per heavy atom. The monoisotopic (exact) mass is 445 g/mol. The van der Waals surface area contributed by atoms with Gasteiger partial charge in [-0.05, 0) is 44.4 Å². The lowest BCUT2D eigenvalue weighted by molar-refractivity contribution is -0.105. The summed E-state index contributed by atoms with van der Waals surface area (Å²) in [6, 6.07) is 20.1. The molecule has 6 heteroatoms. The fraction of sp³-hybridized carbons (Fsp3) is 0.370. The zero-order valence-corrected chi connectivity index (χ0v) is 19.2. The van der Waals surface area contributed by atoms with Gasteiger partial charge in [0, 0.05) is 17.6 Å². The molecule has 1 N–H and O–H groups in total. The second kappa shape index (κ2) is 10.0. The van der Waals surface area contributed by atoms with Crippen LogP contribution in [0.25, 0.3) is 10.9 Å². The summed E-state index contributed by atoms with van der Waals surface area (Å²) < 4.78 is 5.67. The van der Waals surface area contributed by atoms with Crippen LogP contribution in [0.5, 0.6) is 0 Å². The molecule has 1 aromatic heterocycles. The largest absolute Gasteiger partial charge is 0.441 e. The molecule has 2 heterocycles. The molecule has 1 unspecified atom stereocenters. The van der Waals surface area contributed by atoms with Crippen LogP contribution in [0.4, 0.5) is 10.5 Å². The van der Waals surface area contributed by atoms with Crippen molar-refractivity contribution in [3.05, 3.63) is 72.4 Å². The smallest absolute Gasteiger partial charge is 0.411 e. The van der Waals surface area contributed by atoms with Gasteiger partial charge in [-0.2, -0.15) is 0 Å². The molecule has 2 aliphatic rings. The standard InChI is InChI=1S/C17H23NO2.C10H8N2O/c1-17(2)15(13-9-5-3-6-10-13)18(16(19)20-17)14-11-7-4-8-12-14;13-7-12-9-5-1-3-8-4-2-6-11-10(8)9/h3,5-6,9-10,14-15H,4,7-8,11-12H2,1-2H3;1-7H,(H,12,13). The van der Waals surface area contributed by atoms with Crippen LogP contribution in [-0.4, -0.2) is 34.0 Å². The number of fused-ring (bicyclic) bond motifs is 1. The summed E-state index contributed by atoms with van der Waals surface area (Å²) in [5, 5.41) is 3.63. The molecule has 2 aromatic carbocycles. The summed E-state index contributed by atoms with van der Waals surface area (Å²) in [6.45, 7) is 4.04. The Balaban J connectivity index is 0.000000172. The van der Waals surface area contributed by atoms with Gasteiger partial charge in [-0.1, -0.05) is 67.8 Å². The molecular formula is C27H31N3O3. The van der Waals surface area contributed by atoms with Crippen LogP contribution in [0.2, 0.25) is 0 Å².